The summed E-state index contributed by atoms with van der Waals surface area (Å²) in [5.74, 6) is 1.45. The Morgan fingerprint density at radius 1 is 0.767 bits per heavy atom. The van der Waals surface area contributed by atoms with E-state index in [1.807, 2.05) is 45.9 Å². The first kappa shape index (κ1) is 22.4. The molecule has 30 heavy (non-hydrogen) atoms. The topological polar surface area (TPSA) is 59.1 Å². The largest absolute Gasteiger partial charge is 0.497 e. The highest BCUT2D eigenvalue weighted by Crippen LogP contribution is 2.35. The van der Waals surface area contributed by atoms with Crippen molar-refractivity contribution in [1.29, 1.82) is 0 Å². The van der Waals surface area contributed by atoms with E-state index >= 15 is 0 Å². The highest BCUT2D eigenvalue weighted by atomic mass is 32.2. The Morgan fingerprint density at radius 2 is 1.30 bits per heavy atom. The number of hydrogen-bond acceptors (Lipinski definition) is 5. The van der Waals surface area contributed by atoms with Crippen molar-refractivity contribution >= 4 is 15.7 Å². The minimum Gasteiger partial charge on any atom is -0.497 e. The third-order valence-electron chi connectivity index (χ3n) is 6.50. The molecule has 6 nitrogen and oxygen atoms in total. The maximum absolute atomic E-state index is 13.6. The first-order chi connectivity index (χ1) is 14.1. The number of methoxy groups -OCH3 is 2. The van der Waals surface area contributed by atoms with Crippen molar-refractivity contribution in [2.75, 3.05) is 45.3 Å². The van der Waals surface area contributed by atoms with Crippen LogP contribution in [0.2, 0.25) is 0 Å². The molecular weight excluding hydrogens is 400 g/mol. The number of piperazine rings is 1. The third-order valence-corrected chi connectivity index (χ3v) is 8.67. The minimum atomic E-state index is -3.56. The second-order valence-corrected chi connectivity index (χ2v) is 9.76. The molecule has 1 aliphatic heterocycles. The molecule has 3 rings (SSSR count). The Hall–Kier alpha value is -2.25. The number of benzene rings is 2. The van der Waals surface area contributed by atoms with Crippen LogP contribution < -0.4 is 14.4 Å². The van der Waals surface area contributed by atoms with Gasteiger partial charge in [-0.3, -0.25) is 0 Å². The van der Waals surface area contributed by atoms with Crippen LogP contribution in [-0.2, 0) is 10.0 Å². The molecule has 0 spiro atoms. The Morgan fingerprint density at radius 3 is 1.80 bits per heavy atom. The summed E-state index contributed by atoms with van der Waals surface area (Å²) < 4.78 is 39.5. The van der Waals surface area contributed by atoms with Crippen LogP contribution >= 0.6 is 0 Å². The summed E-state index contributed by atoms with van der Waals surface area (Å²) >= 11 is 0. The molecule has 0 atom stereocenters. The molecule has 0 N–H and O–H groups in total. The van der Waals surface area contributed by atoms with Gasteiger partial charge in [-0.1, -0.05) is 0 Å². The van der Waals surface area contributed by atoms with E-state index in [1.54, 1.807) is 18.5 Å². The third kappa shape index (κ3) is 3.76. The second-order valence-electron chi connectivity index (χ2n) is 7.88. The van der Waals surface area contributed by atoms with Crippen molar-refractivity contribution in [3.63, 3.8) is 0 Å². The lowest BCUT2D eigenvalue weighted by Gasteiger charge is -2.36. The summed E-state index contributed by atoms with van der Waals surface area (Å²) in [4.78, 5) is 2.63. The predicted octanol–water partition coefficient (Wildman–Crippen LogP) is 3.76. The molecule has 0 unspecified atom stereocenters. The molecule has 1 saturated heterocycles. The van der Waals surface area contributed by atoms with E-state index in [-0.39, 0.29) is 0 Å². The smallest absolute Gasteiger partial charge is 0.243 e. The zero-order valence-electron chi connectivity index (χ0n) is 19.0. The molecule has 7 heteroatoms. The van der Waals surface area contributed by atoms with Gasteiger partial charge >= 0.3 is 0 Å². The normalized spacial score (nSPS) is 15.4. The molecule has 0 aliphatic carbocycles. The molecule has 0 radical (unpaired) electrons. The summed E-state index contributed by atoms with van der Waals surface area (Å²) in [7, 11) is -0.309. The zero-order valence-corrected chi connectivity index (χ0v) is 19.8. The van der Waals surface area contributed by atoms with Gasteiger partial charge in [-0.05, 0) is 74.6 Å². The average Bonchev–Trinajstić information content (AvgIpc) is 2.75. The van der Waals surface area contributed by atoms with Crippen molar-refractivity contribution in [3.8, 4) is 11.5 Å². The number of ether oxygens (including phenoxy) is 2. The van der Waals surface area contributed by atoms with Crippen LogP contribution in [0.4, 0.5) is 5.69 Å². The maximum Gasteiger partial charge on any atom is 0.243 e. The van der Waals surface area contributed by atoms with Crippen LogP contribution in [0.5, 0.6) is 11.5 Å². The number of nitrogens with zero attached hydrogens (tertiary/aromatic N) is 2. The summed E-state index contributed by atoms with van der Waals surface area (Å²) in [6.45, 7) is 12.0. The van der Waals surface area contributed by atoms with Gasteiger partial charge < -0.3 is 14.4 Å². The van der Waals surface area contributed by atoms with Crippen LogP contribution in [-0.4, -0.2) is 53.1 Å². The molecule has 2 aromatic rings. The standard InChI is InChI=1S/C23H32N2O4S/c1-15-16(2)18(4)23(19(5)17(15)3)30(26,27)25-12-10-24(11-13-25)21-9-8-20(28-6)14-22(21)29-7/h8-9,14H,10-13H2,1-7H3. The minimum absolute atomic E-state index is 0.433. The monoisotopic (exact) mass is 432 g/mol. The molecule has 1 heterocycles. The fourth-order valence-corrected chi connectivity index (χ4v) is 6.18. The Labute approximate surface area is 180 Å². The molecule has 0 aromatic heterocycles. The van der Waals surface area contributed by atoms with Gasteiger partial charge in [0.1, 0.15) is 11.5 Å². The van der Waals surface area contributed by atoms with Gasteiger partial charge in [-0.2, -0.15) is 4.31 Å². The van der Waals surface area contributed by atoms with Crippen molar-refractivity contribution in [2.24, 2.45) is 0 Å². The zero-order chi connectivity index (χ0) is 22.2. The predicted molar refractivity (Wildman–Crippen MR) is 121 cm³/mol. The first-order valence-corrected chi connectivity index (χ1v) is 11.6. The van der Waals surface area contributed by atoms with Gasteiger partial charge in [0.2, 0.25) is 10.0 Å². The van der Waals surface area contributed by atoms with Crippen LogP contribution in [0.1, 0.15) is 27.8 Å². The molecular formula is C23H32N2O4S. The SMILES string of the molecule is COc1ccc(N2CCN(S(=O)(=O)c3c(C)c(C)c(C)c(C)c3C)CC2)c(OC)c1. The van der Waals surface area contributed by atoms with E-state index in [4.69, 9.17) is 9.47 Å². The molecule has 164 valence electrons. The fourth-order valence-electron chi connectivity index (χ4n) is 4.20. The lowest BCUT2D eigenvalue weighted by atomic mass is 9.95. The summed E-state index contributed by atoms with van der Waals surface area (Å²) in [5.41, 5.74) is 5.94. The summed E-state index contributed by atoms with van der Waals surface area (Å²) in [5, 5.41) is 0. The van der Waals surface area contributed by atoms with Crippen LogP contribution in [0.3, 0.4) is 0 Å². The van der Waals surface area contributed by atoms with E-state index in [0.29, 0.717) is 31.1 Å². The van der Waals surface area contributed by atoms with Gasteiger partial charge in [-0.25, -0.2) is 8.42 Å². The quantitative estimate of drug-likeness (QED) is 0.720. The molecule has 1 aliphatic rings. The number of hydrogen-bond donors (Lipinski definition) is 0. The Bertz CT molecular complexity index is 1030. The van der Waals surface area contributed by atoms with Gasteiger partial charge in [0.15, 0.2) is 0 Å². The van der Waals surface area contributed by atoms with Crippen molar-refractivity contribution < 1.29 is 17.9 Å². The van der Waals surface area contributed by atoms with E-state index < -0.39 is 10.0 Å². The van der Waals surface area contributed by atoms with E-state index in [0.717, 1.165) is 39.4 Å². The Kier molecular flexibility index (Phi) is 6.34. The molecule has 1 fully saturated rings. The van der Waals surface area contributed by atoms with Crippen LogP contribution in [0.25, 0.3) is 0 Å². The molecule has 0 amide bonds. The van der Waals surface area contributed by atoms with Gasteiger partial charge in [0, 0.05) is 32.2 Å². The van der Waals surface area contributed by atoms with Gasteiger partial charge in [0.25, 0.3) is 0 Å². The summed E-state index contributed by atoms with van der Waals surface area (Å²) in [6.07, 6.45) is 0. The number of rotatable bonds is 5. The van der Waals surface area contributed by atoms with Gasteiger partial charge in [-0.15, -0.1) is 0 Å². The highest BCUT2D eigenvalue weighted by molar-refractivity contribution is 7.89. The molecule has 0 bridgehead atoms. The van der Waals surface area contributed by atoms with Crippen molar-refractivity contribution in [3.05, 3.63) is 46.0 Å². The van der Waals surface area contributed by atoms with Crippen LogP contribution in [0.15, 0.2) is 23.1 Å². The van der Waals surface area contributed by atoms with E-state index in [1.165, 1.54) is 5.56 Å². The first-order valence-electron chi connectivity index (χ1n) is 10.2. The van der Waals surface area contributed by atoms with E-state index in [9.17, 15) is 8.42 Å². The number of anilines is 1. The molecule has 0 saturated carbocycles. The lowest BCUT2D eigenvalue weighted by molar-refractivity contribution is 0.375. The Balaban J connectivity index is 1.87. The second kappa shape index (κ2) is 8.47. The highest BCUT2D eigenvalue weighted by Gasteiger charge is 2.33. The van der Waals surface area contributed by atoms with Crippen molar-refractivity contribution in [2.45, 2.75) is 39.5 Å². The van der Waals surface area contributed by atoms with Crippen molar-refractivity contribution in [1.82, 2.24) is 4.31 Å². The fraction of sp³-hybridized carbons (Fsp3) is 0.478. The summed E-state index contributed by atoms with van der Waals surface area (Å²) in [6, 6.07) is 5.71. The van der Waals surface area contributed by atoms with Crippen LogP contribution in [0, 0.1) is 34.6 Å². The van der Waals surface area contributed by atoms with Gasteiger partial charge in [0.05, 0.1) is 24.8 Å². The van der Waals surface area contributed by atoms with E-state index in [2.05, 4.69) is 11.8 Å². The maximum atomic E-state index is 13.6. The number of sulfonamides is 1. The molecule has 2 aromatic carbocycles. The lowest BCUT2D eigenvalue weighted by Crippen LogP contribution is -2.49. The average molecular weight is 433 g/mol.